The zero-order valence-electron chi connectivity index (χ0n) is 11.5. The van der Waals surface area contributed by atoms with Crippen LogP contribution in [0, 0.1) is 11.3 Å². The van der Waals surface area contributed by atoms with Gasteiger partial charge in [0.1, 0.15) is 18.2 Å². The van der Waals surface area contributed by atoms with Crippen molar-refractivity contribution in [3.05, 3.63) is 29.7 Å². The highest BCUT2D eigenvalue weighted by Gasteiger charge is 2.12. The summed E-state index contributed by atoms with van der Waals surface area (Å²) in [6.45, 7) is 8.26. The Kier molecular flexibility index (Phi) is 3.56. The van der Waals surface area contributed by atoms with Gasteiger partial charge in [0.25, 0.3) is 5.82 Å². The van der Waals surface area contributed by atoms with Crippen LogP contribution in [0.2, 0.25) is 0 Å². The van der Waals surface area contributed by atoms with Crippen LogP contribution < -0.4 is 0 Å². The quantitative estimate of drug-likeness (QED) is 0.840. The van der Waals surface area contributed by atoms with Crippen molar-refractivity contribution in [3.63, 3.8) is 0 Å². The van der Waals surface area contributed by atoms with Crippen LogP contribution in [0.4, 0.5) is 0 Å². The van der Waals surface area contributed by atoms with Gasteiger partial charge in [-0.2, -0.15) is 5.26 Å². The minimum Gasteiger partial charge on any atom is -0.237 e. The van der Waals surface area contributed by atoms with E-state index in [1.54, 1.807) is 0 Å². The summed E-state index contributed by atoms with van der Waals surface area (Å²) >= 11 is 0. The highest BCUT2D eigenvalue weighted by atomic mass is 15.4. The Morgan fingerprint density at radius 3 is 2.42 bits per heavy atom. The summed E-state index contributed by atoms with van der Waals surface area (Å²) in [5.74, 6) is 2.09. The molecule has 0 aliphatic carbocycles. The first-order valence-electron chi connectivity index (χ1n) is 6.22. The van der Waals surface area contributed by atoms with Crippen LogP contribution in [0.15, 0.2) is 12.4 Å². The van der Waals surface area contributed by atoms with Crippen LogP contribution >= 0.6 is 0 Å². The molecule has 0 aromatic carbocycles. The fraction of sp³-hybridized carbons (Fsp3) is 0.462. The van der Waals surface area contributed by atoms with Crippen molar-refractivity contribution < 1.29 is 0 Å². The normalized spacial score (nSPS) is 11.0. The van der Waals surface area contributed by atoms with Gasteiger partial charge in [0.2, 0.25) is 0 Å². The Balaban J connectivity index is 2.53. The smallest absolute Gasteiger partial charge is 0.237 e. The van der Waals surface area contributed by atoms with Crippen molar-refractivity contribution in [2.24, 2.45) is 0 Å². The zero-order chi connectivity index (χ0) is 14.0. The van der Waals surface area contributed by atoms with Gasteiger partial charge in [0.05, 0.1) is 0 Å². The molecule has 6 nitrogen and oxygen atoms in total. The monoisotopic (exact) mass is 256 g/mol. The minimum atomic E-state index is 0.135. The molecule has 2 rings (SSSR count). The molecule has 0 amide bonds. The minimum absolute atomic E-state index is 0.135. The first-order chi connectivity index (χ1) is 9.01. The Morgan fingerprint density at radius 2 is 1.89 bits per heavy atom. The van der Waals surface area contributed by atoms with Crippen molar-refractivity contribution in [1.29, 1.82) is 5.26 Å². The topological polar surface area (TPSA) is 80.3 Å². The van der Waals surface area contributed by atoms with Gasteiger partial charge in [-0.3, -0.25) is 0 Å². The highest BCUT2D eigenvalue weighted by Crippen LogP contribution is 2.18. The van der Waals surface area contributed by atoms with Gasteiger partial charge in [-0.1, -0.05) is 27.7 Å². The average molecular weight is 256 g/mol. The highest BCUT2D eigenvalue weighted by molar-refractivity contribution is 5.27. The summed E-state index contributed by atoms with van der Waals surface area (Å²) in [5, 5.41) is 12.8. The van der Waals surface area contributed by atoms with Crippen molar-refractivity contribution >= 4 is 0 Å². The maximum absolute atomic E-state index is 8.76. The molecular formula is C13H16N6. The molecule has 6 heteroatoms. The third-order valence-corrected chi connectivity index (χ3v) is 2.68. The molecule has 0 aliphatic rings. The van der Waals surface area contributed by atoms with Crippen LogP contribution in [0.1, 0.15) is 56.9 Å². The Labute approximate surface area is 112 Å². The zero-order valence-corrected chi connectivity index (χ0v) is 11.5. The lowest BCUT2D eigenvalue weighted by Gasteiger charge is -2.11. The molecule has 19 heavy (non-hydrogen) atoms. The van der Waals surface area contributed by atoms with Gasteiger partial charge < -0.3 is 0 Å². The average Bonchev–Trinajstić information content (AvgIpc) is 2.86. The number of nitriles is 1. The summed E-state index contributed by atoms with van der Waals surface area (Å²) in [5.41, 5.74) is 0.961. The van der Waals surface area contributed by atoms with Crippen LogP contribution in [-0.4, -0.2) is 24.7 Å². The number of aromatic nitrogens is 5. The first kappa shape index (κ1) is 13.1. The summed E-state index contributed by atoms with van der Waals surface area (Å²) in [7, 11) is 0. The van der Waals surface area contributed by atoms with Crippen LogP contribution in [0.3, 0.4) is 0 Å². The molecule has 2 aromatic heterocycles. The van der Waals surface area contributed by atoms with E-state index in [1.165, 1.54) is 11.0 Å². The molecule has 0 radical (unpaired) electrons. The van der Waals surface area contributed by atoms with E-state index in [9.17, 15) is 0 Å². The predicted molar refractivity (Wildman–Crippen MR) is 69.8 cm³/mol. The SMILES string of the molecule is CC(C)c1cc(-n2cnc(C#N)n2)nc(C(C)C)n1. The van der Waals surface area contributed by atoms with E-state index in [0.29, 0.717) is 11.7 Å². The molecule has 0 spiro atoms. The standard InChI is InChI=1S/C13H16N6/c1-8(2)10-5-12(17-13(16-10)9(3)4)19-7-15-11(6-14)18-19/h5,7-9H,1-4H3. The van der Waals surface area contributed by atoms with Crippen LogP contribution in [0.25, 0.3) is 5.82 Å². The molecule has 0 unspecified atom stereocenters. The number of rotatable bonds is 3. The molecule has 0 atom stereocenters. The summed E-state index contributed by atoms with van der Waals surface area (Å²) in [6, 6.07) is 3.79. The lowest BCUT2D eigenvalue weighted by molar-refractivity contribution is 0.707. The summed E-state index contributed by atoms with van der Waals surface area (Å²) in [6.07, 6.45) is 1.50. The maximum Gasteiger partial charge on any atom is 0.252 e. The number of nitrogens with zero attached hydrogens (tertiary/aromatic N) is 6. The fourth-order valence-electron chi connectivity index (χ4n) is 1.57. The van der Waals surface area contributed by atoms with Crippen LogP contribution in [-0.2, 0) is 0 Å². The first-order valence-corrected chi connectivity index (χ1v) is 6.22. The second kappa shape index (κ2) is 5.14. The van der Waals surface area contributed by atoms with Crippen molar-refractivity contribution in [1.82, 2.24) is 24.7 Å². The molecule has 0 bridgehead atoms. The van der Waals surface area contributed by atoms with Crippen LogP contribution in [0.5, 0.6) is 0 Å². The lowest BCUT2D eigenvalue weighted by Crippen LogP contribution is -2.08. The molecular weight excluding hydrogens is 240 g/mol. The Hall–Kier alpha value is -2.29. The molecule has 2 heterocycles. The molecule has 98 valence electrons. The van der Waals surface area contributed by atoms with Gasteiger partial charge in [-0.15, -0.1) is 5.10 Å². The van der Waals surface area contributed by atoms with Gasteiger partial charge in [-0.25, -0.2) is 19.6 Å². The summed E-state index contributed by atoms with van der Waals surface area (Å²) < 4.78 is 1.51. The molecule has 0 N–H and O–H groups in total. The Bertz CT molecular complexity index is 594. The van der Waals surface area contributed by atoms with Gasteiger partial charge in [0, 0.05) is 17.7 Å². The van der Waals surface area contributed by atoms with Gasteiger partial charge in [0.15, 0.2) is 5.82 Å². The predicted octanol–water partition coefficient (Wildman–Crippen LogP) is 2.18. The van der Waals surface area contributed by atoms with E-state index in [1.807, 2.05) is 26.0 Å². The maximum atomic E-state index is 8.76. The van der Waals surface area contributed by atoms with E-state index < -0.39 is 0 Å². The van der Waals surface area contributed by atoms with E-state index in [2.05, 4.69) is 33.9 Å². The molecule has 0 saturated heterocycles. The van der Waals surface area contributed by atoms with Crippen molar-refractivity contribution in [2.75, 3.05) is 0 Å². The summed E-state index contributed by atoms with van der Waals surface area (Å²) in [4.78, 5) is 12.9. The largest absolute Gasteiger partial charge is 0.252 e. The van der Waals surface area contributed by atoms with E-state index >= 15 is 0 Å². The molecule has 0 fully saturated rings. The van der Waals surface area contributed by atoms with Gasteiger partial charge in [-0.05, 0) is 5.92 Å². The second-order valence-electron chi connectivity index (χ2n) is 4.94. The van der Waals surface area contributed by atoms with Crippen molar-refractivity contribution in [2.45, 2.75) is 39.5 Å². The number of hydrogen-bond donors (Lipinski definition) is 0. The van der Waals surface area contributed by atoms with E-state index in [0.717, 1.165) is 11.5 Å². The Morgan fingerprint density at radius 1 is 1.16 bits per heavy atom. The molecule has 2 aromatic rings. The third-order valence-electron chi connectivity index (χ3n) is 2.68. The molecule has 0 saturated carbocycles. The third kappa shape index (κ3) is 2.76. The van der Waals surface area contributed by atoms with Crippen molar-refractivity contribution in [3.8, 4) is 11.9 Å². The number of hydrogen-bond acceptors (Lipinski definition) is 5. The second-order valence-corrected chi connectivity index (χ2v) is 4.94. The fourth-order valence-corrected chi connectivity index (χ4v) is 1.57. The molecule has 0 aliphatic heterocycles. The van der Waals surface area contributed by atoms with E-state index in [-0.39, 0.29) is 11.7 Å². The lowest BCUT2D eigenvalue weighted by atomic mass is 10.1. The van der Waals surface area contributed by atoms with Gasteiger partial charge >= 0.3 is 0 Å². The van der Waals surface area contributed by atoms with E-state index in [4.69, 9.17) is 5.26 Å².